The first-order chi connectivity index (χ1) is 12.7. The Morgan fingerprint density at radius 2 is 1.78 bits per heavy atom. The standard InChI is InChI=1S/C23H36N4/c1-16-7-9-20(24-14-16)17-8-10-21-18(11-17)15-27(25-21)19-12-22(2,3)26(6)23(4,5)13-19/h8,10-11,15-16,19-20,24H,7,9,12-14H2,1-6H3/t16-,20+/m0/s1. The van der Waals surface area contributed by atoms with E-state index in [0.29, 0.717) is 12.1 Å². The quantitative estimate of drug-likeness (QED) is 0.817. The molecule has 0 aliphatic carbocycles. The predicted octanol–water partition coefficient (Wildman–Crippen LogP) is 4.92. The first-order valence-corrected chi connectivity index (χ1v) is 10.6. The number of likely N-dealkylation sites (tertiary alicyclic amines) is 1. The van der Waals surface area contributed by atoms with Gasteiger partial charge < -0.3 is 5.32 Å². The summed E-state index contributed by atoms with van der Waals surface area (Å²) in [6.07, 6.45) is 7.10. The molecule has 2 atom stereocenters. The molecule has 1 N–H and O–H groups in total. The molecule has 4 nitrogen and oxygen atoms in total. The highest BCUT2D eigenvalue weighted by Crippen LogP contribution is 2.42. The maximum absolute atomic E-state index is 4.97. The molecule has 2 aromatic rings. The summed E-state index contributed by atoms with van der Waals surface area (Å²) in [5, 5.41) is 9.96. The van der Waals surface area contributed by atoms with Crippen molar-refractivity contribution in [2.75, 3.05) is 13.6 Å². The Bertz CT molecular complexity index is 793. The molecular weight excluding hydrogens is 332 g/mol. The number of aromatic nitrogens is 2. The maximum Gasteiger partial charge on any atom is 0.0923 e. The van der Waals surface area contributed by atoms with Gasteiger partial charge in [-0.25, -0.2) is 0 Å². The zero-order valence-electron chi connectivity index (χ0n) is 17.9. The maximum atomic E-state index is 4.97. The Morgan fingerprint density at radius 1 is 1.07 bits per heavy atom. The van der Waals surface area contributed by atoms with E-state index < -0.39 is 0 Å². The smallest absolute Gasteiger partial charge is 0.0923 e. The molecule has 1 aromatic carbocycles. The van der Waals surface area contributed by atoms with Gasteiger partial charge in [0.1, 0.15) is 0 Å². The van der Waals surface area contributed by atoms with Crippen molar-refractivity contribution in [2.24, 2.45) is 5.92 Å². The summed E-state index contributed by atoms with van der Waals surface area (Å²) in [5.41, 5.74) is 2.90. The van der Waals surface area contributed by atoms with Crippen LogP contribution in [0.4, 0.5) is 0 Å². The summed E-state index contributed by atoms with van der Waals surface area (Å²) >= 11 is 0. The minimum atomic E-state index is 0.179. The second kappa shape index (κ2) is 6.59. The van der Waals surface area contributed by atoms with E-state index in [1.807, 2.05) is 0 Å². The summed E-state index contributed by atoms with van der Waals surface area (Å²) in [4.78, 5) is 2.54. The number of hydrogen-bond donors (Lipinski definition) is 1. The molecule has 0 amide bonds. The summed E-state index contributed by atoms with van der Waals surface area (Å²) in [5.74, 6) is 0.795. The van der Waals surface area contributed by atoms with Crippen LogP contribution in [-0.4, -0.2) is 39.4 Å². The largest absolute Gasteiger partial charge is 0.310 e. The fraction of sp³-hybridized carbons (Fsp3) is 0.696. The van der Waals surface area contributed by atoms with Crippen molar-refractivity contribution in [3.05, 3.63) is 30.0 Å². The fourth-order valence-corrected chi connectivity index (χ4v) is 5.26. The minimum absolute atomic E-state index is 0.179. The Labute approximate surface area is 164 Å². The van der Waals surface area contributed by atoms with E-state index in [0.717, 1.165) is 30.8 Å². The van der Waals surface area contributed by atoms with Crippen LogP contribution in [0.3, 0.4) is 0 Å². The van der Waals surface area contributed by atoms with Crippen molar-refractivity contribution in [3.8, 4) is 0 Å². The second-order valence-electron chi connectivity index (χ2n) is 10.3. The van der Waals surface area contributed by atoms with Gasteiger partial charge in [0, 0.05) is 28.7 Å². The van der Waals surface area contributed by atoms with Crippen LogP contribution in [0.5, 0.6) is 0 Å². The molecular formula is C23H36N4. The van der Waals surface area contributed by atoms with Crippen LogP contribution in [0.15, 0.2) is 24.4 Å². The lowest BCUT2D eigenvalue weighted by atomic mass is 9.77. The van der Waals surface area contributed by atoms with Gasteiger partial charge in [-0.3, -0.25) is 9.58 Å². The number of piperidine rings is 2. The SMILES string of the molecule is C[C@H]1CC[C@H](c2ccc3nn(C4CC(C)(C)N(C)C(C)(C)C4)cc3c2)NC1. The van der Waals surface area contributed by atoms with Crippen LogP contribution >= 0.6 is 0 Å². The van der Waals surface area contributed by atoms with Crippen molar-refractivity contribution < 1.29 is 0 Å². The monoisotopic (exact) mass is 368 g/mol. The molecule has 2 aliphatic rings. The van der Waals surface area contributed by atoms with Crippen LogP contribution in [0, 0.1) is 5.92 Å². The van der Waals surface area contributed by atoms with Gasteiger partial charge in [-0.15, -0.1) is 0 Å². The van der Waals surface area contributed by atoms with Gasteiger partial charge >= 0.3 is 0 Å². The fourth-order valence-electron chi connectivity index (χ4n) is 5.26. The van der Waals surface area contributed by atoms with E-state index in [1.165, 1.54) is 23.8 Å². The van der Waals surface area contributed by atoms with Crippen LogP contribution in [0.25, 0.3) is 10.9 Å². The first-order valence-electron chi connectivity index (χ1n) is 10.6. The Kier molecular flexibility index (Phi) is 4.63. The molecule has 0 spiro atoms. The highest BCUT2D eigenvalue weighted by atomic mass is 15.3. The third-order valence-corrected chi connectivity index (χ3v) is 7.27. The number of nitrogens with one attached hydrogen (secondary N) is 1. The first kappa shape index (κ1) is 18.9. The van der Waals surface area contributed by atoms with Crippen molar-refractivity contribution >= 4 is 10.9 Å². The molecule has 4 rings (SSSR count). The number of rotatable bonds is 2. The van der Waals surface area contributed by atoms with Gasteiger partial charge in [0.25, 0.3) is 0 Å². The average Bonchev–Trinajstić information content (AvgIpc) is 3.03. The van der Waals surface area contributed by atoms with Gasteiger partial charge in [0.2, 0.25) is 0 Å². The van der Waals surface area contributed by atoms with Crippen molar-refractivity contribution in [1.29, 1.82) is 0 Å². The molecule has 2 aliphatic heterocycles. The van der Waals surface area contributed by atoms with E-state index in [4.69, 9.17) is 5.10 Å². The topological polar surface area (TPSA) is 33.1 Å². The lowest BCUT2D eigenvalue weighted by Crippen LogP contribution is -2.58. The van der Waals surface area contributed by atoms with Crippen LogP contribution in [-0.2, 0) is 0 Å². The van der Waals surface area contributed by atoms with E-state index in [-0.39, 0.29) is 11.1 Å². The molecule has 2 fully saturated rings. The van der Waals surface area contributed by atoms with Gasteiger partial charge in [0.15, 0.2) is 0 Å². The van der Waals surface area contributed by atoms with Crippen LogP contribution < -0.4 is 5.32 Å². The molecule has 2 saturated heterocycles. The molecule has 3 heterocycles. The molecule has 148 valence electrons. The molecule has 0 bridgehead atoms. The number of hydrogen-bond acceptors (Lipinski definition) is 3. The van der Waals surface area contributed by atoms with Gasteiger partial charge in [-0.1, -0.05) is 13.0 Å². The number of benzene rings is 1. The highest BCUT2D eigenvalue weighted by molar-refractivity contribution is 5.79. The summed E-state index contributed by atoms with van der Waals surface area (Å²) in [7, 11) is 2.26. The minimum Gasteiger partial charge on any atom is -0.310 e. The summed E-state index contributed by atoms with van der Waals surface area (Å²) in [6, 6.07) is 7.80. The predicted molar refractivity (Wildman–Crippen MR) is 113 cm³/mol. The Hall–Kier alpha value is -1.39. The van der Waals surface area contributed by atoms with E-state index in [1.54, 1.807) is 0 Å². The van der Waals surface area contributed by atoms with E-state index in [9.17, 15) is 0 Å². The highest BCUT2D eigenvalue weighted by Gasteiger charge is 2.43. The number of fused-ring (bicyclic) bond motifs is 1. The lowest BCUT2D eigenvalue weighted by Gasteiger charge is -2.53. The molecule has 0 saturated carbocycles. The van der Waals surface area contributed by atoms with Gasteiger partial charge in [0.05, 0.1) is 11.6 Å². The van der Waals surface area contributed by atoms with Crippen LogP contribution in [0.1, 0.15) is 77.9 Å². The third-order valence-electron chi connectivity index (χ3n) is 7.27. The van der Waals surface area contributed by atoms with Gasteiger partial charge in [-0.2, -0.15) is 5.10 Å². The van der Waals surface area contributed by atoms with Crippen molar-refractivity contribution in [2.45, 2.75) is 83.5 Å². The lowest BCUT2D eigenvalue weighted by molar-refractivity contribution is -0.0284. The third kappa shape index (κ3) is 3.54. The average molecular weight is 369 g/mol. The second-order valence-corrected chi connectivity index (χ2v) is 10.3. The molecule has 27 heavy (non-hydrogen) atoms. The number of nitrogens with zero attached hydrogens (tertiary/aromatic N) is 3. The zero-order chi connectivity index (χ0) is 19.4. The Morgan fingerprint density at radius 3 is 2.41 bits per heavy atom. The summed E-state index contributed by atoms with van der Waals surface area (Å²) < 4.78 is 2.25. The zero-order valence-corrected chi connectivity index (χ0v) is 17.9. The Balaban J connectivity index is 1.60. The normalized spacial score (nSPS) is 29.3. The van der Waals surface area contributed by atoms with E-state index in [2.05, 4.69) is 81.0 Å². The van der Waals surface area contributed by atoms with Gasteiger partial charge in [-0.05, 0) is 90.6 Å². The molecule has 0 unspecified atom stereocenters. The summed E-state index contributed by atoms with van der Waals surface area (Å²) in [6.45, 7) is 12.9. The van der Waals surface area contributed by atoms with Crippen molar-refractivity contribution in [1.82, 2.24) is 20.0 Å². The van der Waals surface area contributed by atoms with Crippen molar-refractivity contribution in [3.63, 3.8) is 0 Å². The molecule has 4 heteroatoms. The molecule has 0 radical (unpaired) electrons. The van der Waals surface area contributed by atoms with Crippen LogP contribution in [0.2, 0.25) is 0 Å². The molecule has 1 aromatic heterocycles. The van der Waals surface area contributed by atoms with E-state index >= 15 is 0 Å².